The van der Waals surface area contributed by atoms with Gasteiger partial charge in [0.25, 0.3) is 0 Å². The van der Waals surface area contributed by atoms with Gasteiger partial charge in [-0.3, -0.25) is 9.59 Å². The maximum absolute atomic E-state index is 11.9. The second-order valence-corrected chi connectivity index (χ2v) is 8.27. The van der Waals surface area contributed by atoms with Crippen LogP contribution in [0.1, 0.15) is 136 Å². The van der Waals surface area contributed by atoms with Crippen LogP contribution in [0, 0.1) is 0 Å². The summed E-state index contributed by atoms with van der Waals surface area (Å²) >= 11 is 0. The highest BCUT2D eigenvalue weighted by atomic mass is 16.5. The minimum atomic E-state index is -0.0485. The Kier molecular flexibility index (Phi) is 20.9. The lowest BCUT2D eigenvalue weighted by atomic mass is 10.1. The Labute approximate surface area is 180 Å². The summed E-state index contributed by atoms with van der Waals surface area (Å²) in [7, 11) is 0. The number of ether oxygens (including phenoxy) is 2. The van der Waals surface area contributed by atoms with Crippen LogP contribution in [0.5, 0.6) is 0 Å². The van der Waals surface area contributed by atoms with Gasteiger partial charge in [0, 0.05) is 12.8 Å². The molecule has 172 valence electrons. The van der Waals surface area contributed by atoms with Crippen molar-refractivity contribution in [1.29, 1.82) is 0 Å². The Morgan fingerprint density at radius 1 is 0.621 bits per heavy atom. The lowest BCUT2D eigenvalue weighted by Crippen LogP contribution is -2.17. The van der Waals surface area contributed by atoms with Gasteiger partial charge < -0.3 is 9.47 Å². The van der Waals surface area contributed by atoms with Crippen LogP contribution in [0.25, 0.3) is 0 Å². The SMILES string of the molecule is CCCCCCCOC(=O)CCCCCCCCC(=O)OC(CC)CCCCC. The summed E-state index contributed by atoms with van der Waals surface area (Å²) < 4.78 is 10.9. The van der Waals surface area contributed by atoms with Crippen molar-refractivity contribution in [2.75, 3.05) is 6.61 Å². The molecule has 0 aromatic heterocycles. The molecule has 1 unspecified atom stereocenters. The van der Waals surface area contributed by atoms with Gasteiger partial charge >= 0.3 is 11.9 Å². The number of esters is 2. The minimum absolute atomic E-state index is 0.0363. The molecule has 1 atom stereocenters. The van der Waals surface area contributed by atoms with E-state index in [1.54, 1.807) is 0 Å². The first-order valence-electron chi connectivity index (χ1n) is 12.5. The van der Waals surface area contributed by atoms with Gasteiger partial charge in [0.15, 0.2) is 0 Å². The Balaban J connectivity index is 3.45. The monoisotopic (exact) mass is 412 g/mol. The fourth-order valence-electron chi connectivity index (χ4n) is 3.42. The zero-order chi connectivity index (χ0) is 21.6. The van der Waals surface area contributed by atoms with Crippen molar-refractivity contribution in [3.63, 3.8) is 0 Å². The molecule has 0 aliphatic carbocycles. The summed E-state index contributed by atoms with van der Waals surface area (Å²) in [6.45, 7) is 7.06. The fourth-order valence-corrected chi connectivity index (χ4v) is 3.42. The number of hydrogen-bond acceptors (Lipinski definition) is 4. The topological polar surface area (TPSA) is 52.6 Å². The predicted molar refractivity (Wildman–Crippen MR) is 121 cm³/mol. The van der Waals surface area contributed by atoms with Gasteiger partial charge in [0.2, 0.25) is 0 Å². The molecule has 0 amide bonds. The molecular formula is C25H48O4. The minimum Gasteiger partial charge on any atom is -0.466 e. The molecule has 0 saturated heterocycles. The van der Waals surface area contributed by atoms with Gasteiger partial charge in [0.05, 0.1) is 6.61 Å². The van der Waals surface area contributed by atoms with E-state index in [0.717, 1.165) is 70.6 Å². The molecule has 0 saturated carbocycles. The van der Waals surface area contributed by atoms with Crippen LogP contribution in [-0.2, 0) is 19.1 Å². The Morgan fingerprint density at radius 2 is 1.14 bits per heavy atom. The molecule has 0 bridgehead atoms. The molecule has 0 aliphatic heterocycles. The van der Waals surface area contributed by atoms with Gasteiger partial charge in [0.1, 0.15) is 6.10 Å². The van der Waals surface area contributed by atoms with E-state index in [0.29, 0.717) is 19.4 Å². The van der Waals surface area contributed by atoms with E-state index in [-0.39, 0.29) is 18.0 Å². The molecule has 4 heteroatoms. The Bertz CT molecular complexity index is 381. The van der Waals surface area contributed by atoms with Crippen LogP contribution in [0.2, 0.25) is 0 Å². The van der Waals surface area contributed by atoms with Crippen LogP contribution in [-0.4, -0.2) is 24.6 Å². The fraction of sp³-hybridized carbons (Fsp3) is 0.920. The maximum Gasteiger partial charge on any atom is 0.306 e. The molecule has 0 spiro atoms. The third-order valence-corrected chi connectivity index (χ3v) is 5.41. The predicted octanol–water partition coefficient (Wildman–Crippen LogP) is 7.52. The molecule has 29 heavy (non-hydrogen) atoms. The highest BCUT2D eigenvalue weighted by Crippen LogP contribution is 2.13. The largest absolute Gasteiger partial charge is 0.466 e. The van der Waals surface area contributed by atoms with Crippen molar-refractivity contribution in [3.05, 3.63) is 0 Å². The van der Waals surface area contributed by atoms with E-state index in [9.17, 15) is 9.59 Å². The van der Waals surface area contributed by atoms with E-state index in [2.05, 4.69) is 20.8 Å². The summed E-state index contributed by atoms with van der Waals surface area (Å²) in [5, 5.41) is 0. The van der Waals surface area contributed by atoms with E-state index in [4.69, 9.17) is 9.47 Å². The van der Waals surface area contributed by atoms with Crippen LogP contribution in [0.3, 0.4) is 0 Å². The number of unbranched alkanes of at least 4 members (excludes halogenated alkanes) is 11. The number of hydrogen-bond donors (Lipinski definition) is 0. The van der Waals surface area contributed by atoms with E-state index < -0.39 is 0 Å². The van der Waals surface area contributed by atoms with Crippen LogP contribution in [0.4, 0.5) is 0 Å². The van der Waals surface area contributed by atoms with Crippen molar-refractivity contribution in [2.24, 2.45) is 0 Å². The number of rotatable bonds is 21. The zero-order valence-corrected chi connectivity index (χ0v) is 19.6. The van der Waals surface area contributed by atoms with Gasteiger partial charge in [-0.15, -0.1) is 0 Å². The van der Waals surface area contributed by atoms with Crippen LogP contribution >= 0.6 is 0 Å². The highest BCUT2D eigenvalue weighted by Gasteiger charge is 2.11. The Hall–Kier alpha value is -1.06. The normalized spacial score (nSPS) is 12.0. The van der Waals surface area contributed by atoms with Crippen molar-refractivity contribution < 1.29 is 19.1 Å². The summed E-state index contributed by atoms with van der Waals surface area (Å²) in [6, 6.07) is 0. The highest BCUT2D eigenvalue weighted by molar-refractivity contribution is 5.69. The van der Waals surface area contributed by atoms with Gasteiger partial charge in [-0.2, -0.15) is 0 Å². The molecule has 0 N–H and O–H groups in total. The Morgan fingerprint density at radius 3 is 1.76 bits per heavy atom. The number of carbonyl (C=O) groups is 2. The maximum atomic E-state index is 11.9. The number of carbonyl (C=O) groups excluding carboxylic acids is 2. The quantitative estimate of drug-likeness (QED) is 0.144. The average Bonchev–Trinajstić information content (AvgIpc) is 2.71. The van der Waals surface area contributed by atoms with Crippen molar-refractivity contribution >= 4 is 11.9 Å². The second-order valence-electron chi connectivity index (χ2n) is 8.27. The van der Waals surface area contributed by atoms with Gasteiger partial charge in [-0.25, -0.2) is 0 Å². The third-order valence-electron chi connectivity index (χ3n) is 5.41. The second kappa shape index (κ2) is 21.6. The zero-order valence-electron chi connectivity index (χ0n) is 19.6. The van der Waals surface area contributed by atoms with Gasteiger partial charge in [-0.1, -0.05) is 85.0 Å². The molecule has 0 heterocycles. The summed E-state index contributed by atoms with van der Waals surface area (Å²) in [6.07, 6.45) is 18.7. The lowest BCUT2D eigenvalue weighted by molar-refractivity contribution is -0.149. The van der Waals surface area contributed by atoms with Crippen LogP contribution < -0.4 is 0 Å². The molecule has 0 aliphatic rings. The summed E-state index contributed by atoms with van der Waals surface area (Å²) in [4.78, 5) is 23.6. The van der Waals surface area contributed by atoms with E-state index >= 15 is 0 Å². The standard InChI is InChI=1S/C25H48O4/c1-4-7-9-14-18-22-28-24(26)20-16-12-10-11-13-17-21-25(27)29-23(6-3)19-15-8-5-2/h23H,4-22H2,1-3H3. The first-order valence-corrected chi connectivity index (χ1v) is 12.5. The molecule has 0 aromatic carbocycles. The first-order chi connectivity index (χ1) is 14.1. The lowest BCUT2D eigenvalue weighted by Gasteiger charge is -2.16. The summed E-state index contributed by atoms with van der Waals surface area (Å²) in [5.41, 5.74) is 0. The molecular weight excluding hydrogens is 364 g/mol. The summed E-state index contributed by atoms with van der Waals surface area (Å²) in [5.74, 6) is -0.0848. The van der Waals surface area contributed by atoms with Crippen LogP contribution in [0.15, 0.2) is 0 Å². The van der Waals surface area contributed by atoms with Gasteiger partial charge in [-0.05, 0) is 38.5 Å². The molecule has 0 aromatic rings. The van der Waals surface area contributed by atoms with E-state index in [1.165, 1.54) is 32.1 Å². The smallest absolute Gasteiger partial charge is 0.306 e. The molecule has 4 nitrogen and oxygen atoms in total. The van der Waals surface area contributed by atoms with Crippen molar-refractivity contribution in [2.45, 2.75) is 142 Å². The van der Waals surface area contributed by atoms with E-state index in [1.807, 2.05) is 0 Å². The molecule has 0 radical (unpaired) electrons. The average molecular weight is 413 g/mol. The van der Waals surface area contributed by atoms with Crippen molar-refractivity contribution in [3.8, 4) is 0 Å². The third kappa shape index (κ3) is 20.0. The van der Waals surface area contributed by atoms with Crippen molar-refractivity contribution in [1.82, 2.24) is 0 Å². The molecule has 0 fully saturated rings. The first kappa shape index (κ1) is 27.9. The molecule has 0 rings (SSSR count).